The fourth-order valence-electron chi connectivity index (χ4n) is 2.16. The number of esters is 1. The van der Waals surface area contributed by atoms with Crippen molar-refractivity contribution in [2.45, 2.75) is 50.3 Å². The minimum absolute atomic E-state index is 0.159. The molecule has 0 aliphatic carbocycles. The highest BCUT2D eigenvalue weighted by Gasteiger charge is 2.33. The second kappa shape index (κ2) is 8.82. The Labute approximate surface area is 121 Å². The fourth-order valence-corrected chi connectivity index (χ4v) is 3.55. The Balaban J connectivity index is 2.36. The van der Waals surface area contributed by atoms with Gasteiger partial charge in [0.2, 0.25) is 0 Å². The van der Waals surface area contributed by atoms with Gasteiger partial charge in [0.1, 0.15) is 5.54 Å². The van der Waals surface area contributed by atoms with E-state index in [0.717, 1.165) is 51.2 Å². The highest BCUT2D eigenvalue weighted by molar-refractivity contribution is 7.99. The average molecular weight is 289 g/mol. The van der Waals surface area contributed by atoms with Gasteiger partial charge in [-0.1, -0.05) is 6.92 Å². The molecule has 19 heavy (non-hydrogen) atoms. The first-order chi connectivity index (χ1) is 9.12. The van der Waals surface area contributed by atoms with Gasteiger partial charge >= 0.3 is 5.97 Å². The first-order valence-electron chi connectivity index (χ1n) is 7.15. The van der Waals surface area contributed by atoms with Gasteiger partial charge in [-0.2, -0.15) is 11.8 Å². The zero-order valence-electron chi connectivity index (χ0n) is 12.4. The highest BCUT2D eigenvalue weighted by atomic mass is 32.2. The molecule has 1 N–H and O–H groups in total. The molecule has 0 aromatic carbocycles. The van der Waals surface area contributed by atoms with Gasteiger partial charge in [-0.15, -0.1) is 0 Å². The van der Waals surface area contributed by atoms with Crippen molar-refractivity contribution >= 4 is 17.7 Å². The molecule has 0 aromatic heterocycles. The average Bonchev–Trinajstić information content (AvgIpc) is 2.45. The van der Waals surface area contributed by atoms with Crippen LogP contribution in [0.3, 0.4) is 0 Å². The minimum Gasteiger partial charge on any atom is -0.468 e. The number of nitrogens with one attached hydrogen (secondary N) is 1. The maximum absolute atomic E-state index is 11.9. The molecule has 1 unspecified atom stereocenters. The minimum atomic E-state index is -0.553. The van der Waals surface area contributed by atoms with Crippen LogP contribution in [-0.4, -0.2) is 49.4 Å². The molecule has 1 aliphatic rings. The van der Waals surface area contributed by atoms with E-state index in [4.69, 9.17) is 9.47 Å². The maximum atomic E-state index is 11.9. The second-order valence-electron chi connectivity index (χ2n) is 5.18. The van der Waals surface area contributed by atoms with Crippen molar-refractivity contribution in [1.29, 1.82) is 0 Å². The molecule has 0 spiro atoms. The van der Waals surface area contributed by atoms with E-state index in [1.54, 1.807) is 0 Å². The molecule has 1 saturated heterocycles. The Morgan fingerprint density at radius 1 is 1.47 bits per heavy atom. The van der Waals surface area contributed by atoms with Crippen LogP contribution in [-0.2, 0) is 14.3 Å². The third-order valence-electron chi connectivity index (χ3n) is 3.53. The summed E-state index contributed by atoms with van der Waals surface area (Å²) in [5, 5.41) is 4.00. The Bertz CT molecular complexity index is 269. The van der Waals surface area contributed by atoms with E-state index in [1.165, 1.54) is 7.11 Å². The summed E-state index contributed by atoms with van der Waals surface area (Å²) in [6.45, 7) is 6.63. The lowest BCUT2D eigenvalue weighted by molar-refractivity contribution is -0.148. The molecular weight excluding hydrogens is 262 g/mol. The Morgan fingerprint density at radius 2 is 2.16 bits per heavy atom. The first kappa shape index (κ1) is 16.8. The molecule has 1 fully saturated rings. The lowest BCUT2D eigenvalue weighted by atomic mass is 9.99. The number of ether oxygens (including phenoxy) is 2. The molecule has 1 rings (SSSR count). The number of hydrogen-bond donors (Lipinski definition) is 1. The molecule has 0 saturated carbocycles. The smallest absolute Gasteiger partial charge is 0.325 e. The van der Waals surface area contributed by atoms with Crippen molar-refractivity contribution in [3.8, 4) is 0 Å². The summed E-state index contributed by atoms with van der Waals surface area (Å²) in [4.78, 5) is 11.9. The number of carbonyl (C=O) groups excluding carboxylic acids is 1. The van der Waals surface area contributed by atoms with E-state index >= 15 is 0 Å². The number of methoxy groups -OCH3 is 1. The normalized spacial score (nSPS) is 19.9. The molecule has 1 heterocycles. The zero-order chi connectivity index (χ0) is 14.1. The van der Waals surface area contributed by atoms with Crippen LogP contribution in [0.5, 0.6) is 0 Å². The summed E-state index contributed by atoms with van der Waals surface area (Å²) in [6.07, 6.45) is 4.07. The number of thioether (sulfide) groups is 1. The number of carbonyl (C=O) groups is 1. The molecule has 5 heteroatoms. The summed E-state index contributed by atoms with van der Waals surface area (Å²) in [6, 6.07) is 0. The van der Waals surface area contributed by atoms with Gasteiger partial charge in [0.25, 0.3) is 0 Å². The van der Waals surface area contributed by atoms with Crippen molar-refractivity contribution < 1.29 is 14.3 Å². The zero-order valence-corrected chi connectivity index (χ0v) is 13.2. The first-order valence-corrected chi connectivity index (χ1v) is 8.20. The van der Waals surface area contributed by atoms with Crippen LogP contribution < -0.4 is 5.32 Å². The Morgan fingerprint density at radius 3 is 2.74 bits per heavy atom. The SMILES string of the molecule is CCCNC(C)(CCSC1CCOCC1)C(=O)OC. The third-order valence-corrected chi connectivity index (χ3v) is 4.91. The molecule has 0 amide bonds. The van der Waals surface area contributed by atoms with Crippen molar-refractivity contribution in [3.63, 3.8) is 0 Å². The summed E-state index contributed by atoms with van der Waals surface area (Å²) in [5.41, 5.74) is -0.553. The molecule has 0 bridgehead atoms. The summed E-state index contributed by atoms with van der Waals surface area (Å²) >= 11 is 1.96. The van der Waals surface area contributed by atoms with Crippen molar-refractivity contribution in [2.75, 3.05) is 32.6 Å². The van der Waals surface area contributed by atoms with Crippen LogP contribution in [0.1, 0.15) is 39.5 Å². The number of rotatable bonds is 8. The molecule has 112 valence electrons. The summed E-state index contributed by atoms with van der Waals surface area (Å²) in [5.74, 6) is 0.820. The monoisotopic (exact) mass is 289 g/mol. The predicted molar refractivity (Wildman–Crippen MR) is 79.6 cm³/mol. The standard InChI is InChI=1S/C14H27NO3S/c1-4-8-15-14(2,13(16)17-3)7-11-19-12-5-9-18-10-6-12/h12,15H,4-11H2,1-3H3. The van der Waals surface area contributed by atoms with E-state index in [2.05, 4.69) is 12.2 Å². The van der Waals surface area contributed by atoms with Gasteiger partial charge in [-0.05, 0) is 44.9 Å². The molecule has 1 aliphatic heterocycles. The van der Waals surface area contributed by atoms with Gasteiger partial charge < -0.3 is 14.8 Å². The molecule has 0 aromatic rings. The molecule has 4 nitrogen and oxygen atoms in total. The van der Waals surface area contributed by atoms with Crippen molar-refractivity contribution in [2.24, 2.45) is 0 Å². The topological polar surface area (TPSA) is 47.6 Å². The van der Waals surface area contributed by atoms with E-state index in [9.17, 15) is 4.79 Å². The summed E-state index contributed by atoms with van der Waals surface area (Å²) in [7, 11) is 1.46. The maximum Gasteiger partial charge on any atom is 0.325 e. The highest BCUT2D eigenvalue weighted by Crippen LogP contribution is 2.25. The van der Waals surface area contributed by atoms with E-state index in [1.807, 2.05) is 18.7 Å². The van der Waals surface area contributed by atoms with Crippen LogP contribution in [0, 0.1) is 0 Å². The molecule has 1 atom stereocenters. The largest absolute Gasteiger partial charge is 0.468 e. The quantitative estimate of drug-likeness (QED) is 0.694. The van der Waals surface area contributed by atoms with Gasteiger partial charge in [-0.25, -0.2) is 0 Å². The van der Waals surface area contributed by atoms with E-state index < -0.39 is 5.54 Å². The van der Waals surface area contributed by atoms with Gasteiger partial charge in [-0.3, -0.25) is 4.79 Å². The van der Waals surface area contributed by atoms with Gasteiger partial charge in [0.05, 0.1) is 7.11 Å². The van der Waals surface area contributed by atoms with Crippen molar-refractivity contribution in [3.05, 3.63) is 0 Å². The molecule has 0 radical (unpaired) electrons. The van der Waals surface area contributed by atoms with Crippen LogP contribution >= 0.6 is 11.8 Å². The third kappa shape index (κ3) is 5.71. The fraction of sp³-hybridized carbons (Fsp3) is 0.929. The van der Waals surface area contributed by atoms with Crippen LogP contribution in [0.25, 0.3) is 0 Å². The number of hydrogen-bond acceptors (Lipinski definition) is 5. The van der Waals surface area contributed by atoms with Crippen LogP contribution in [0.15, 0.2) is 0 Å². The van der Waals surface area contributed by atoms with Crippen LogP contribution in [0.4, 0.5) is 0 Å². The van der Waals surface area contributed by atoms with Gasteiger partial charge in [0.15, 0.2) is 0 Å². The van der Waals surface area contributed by atoms with Crippen molar-refractivity contribution in [1.82, 2.24) is 5.32 Å². The van der Waals surface area contributed by atoms with Crippen LogP contribution in [0.2, 0.25) is 0 Å². The molecular formula is C14H27NO3S. The Kier molecular flexibility index (Phi) is 7.80. The lowest BCUT2D eigenvalue weighted by Gasteiger charge is -2.29. The second-order valence-corrected chi connectivity index (χ2v) is 6.59. The van der Waals surface area contributed by atoms with E-state index in [0.29, 0.717) is 5.25 Å². The summed E-state index contributed by atoms with van der Waals surface area (Å²) < 4.78 is 10.3. The predicted octanol–water partition coefficient (Wildman–Crippen LogP) is 2.22. The van der Waals surface area contributed by atoms with Gasteiger partial charge in [0, 0.05) is 18.5 Å². The lowest BCUT2D eigenvalue weighted by Crippen LogP contribution is -2.51. The Hall–Kier alpha value is -0.260. The van der Waals surface area contributed by atoms with E-state index in [-0.39, 0.29) is 5.97 Å².